The second-order valence-corrected chi connectivity index (χ2v) is 6.99. The molecule has 1 fully saturated rings. The van der Waals surface area contributed by atoms with E-state index in [9.17, 15) is 14.9 Å². The number of hydrogen-bond donors (Lipinski definition) is 0. The maximum atomic E-state index is 12.6. The first-order chi connectivity index (χ1) is 12.6. The molecule has 0 aliphatic heterocycles. The zero-order valence-electron chi connectivity index (χ0n) is 13.8. The van der Waals surface area contributed by atoms with Crippen LogP contribution in [0.4, 0.5) is 5.69 Å². The number of esters is 1. The molecule has 1 aromatic heterocycles. The molecule has 26 heavy (non-hydrogen) atoms. The van der Waals surface area contributed by atoms with Crippen LogP contribution in [0.25, 0.3) is 10.2 Å². The Labute approximate surface area is 152 Å². The number of nitrogens with zero attached hydrogens (tertiary/aromatic N) is 2. The molecular weight excluding hydrogens is 356 g/mol. The minimum atomic E-state index is -0.530. The van der Waals surface area contributed by atoms with Crippen molar-refractivity contribution in [2.45, 2.75) is 18.8 Å². The number of aromatic nitrogens is 1. The fourth-order valence-corrected chi connectivity index (χ4v) is 3.88. The first kappa shape index (κ1) is 16.5. The van der Waals surface area contributed by atoms with Gasteiger partial charge in [0.15, 0.2) is 0 Å². The number of thiazole rings is 1. The molecule has 0 saturated heterocycles. The highest BCUT2D eigenvalue weighted by atomic mass is 32.1. The molecule has 132 valence electrons. The van der Waals surface area contributed by atoms with Crippen LogP contribution in [0.2, 0.25) is 0 Å². The van der Waals surface area contributed by atoms with Crippen molar-refractivity contribution >= 4 is 33.2 Å². The predicted octanol–water partition coefficient (Wildman–Crippen LogP) is 4.31. The fourth-order valence-electron chi connectivity index (χ4n) is 2.63. The molecule has 0 spiro atoms. The molecule has 1 aliphatic rings. The summed E-state index contributed by atoms with van der Waals surface area (Å²) >= 11 is 1.49. The van der Waals surface area contributed by atoms with E-state index in [1.165, 1.54) is 35.6 Å². The molecule has 1 aliphatic carbocycles. The quantitative estimate of drug-likeness (QED) is 0.288. The van der Waals surface area contributed by atoms with E-state index in [1.54, 1.807) is 19.2 Å². The van der Waals surface area contributed by atoms with Crippen LogP contribution in [0.3, 0.4) is 0 Å². The Morgan fingerprint density at radius 3 is 2.58 bits per heavy atom. The van der Waals surface area contributed by atoms with Crippen LogP contribution in [0.5, 0.6) is 11.5 Å². The molecule has 0 radical (unpaired) electrons. The van der Waals surface area contributed by atoms with E-state index in [2.05, 4.69) is 4.98 Å². The van der Waals surface area contributed by atoms with Gasteiger partial charge in [0.2, 0.25) is 0 Å². The maximum absolute atomic E-state index is 12.6. The van der Waals surface area contributed by atoms with Gasteiger partial charge >= 0.3 is 5.97 Å². The van der Waals surface area contributed by atoms with Crippen LogP contribution < -0.4 is 9.47 Å². The van der Waals surface area contributed by atoms with Crippen molar-refractivity contribution in [3.63, 3.8) is 0 Å². The third kappa shape index (κ3) is 2.99. The topological polar surface area (TPSA) is 91.6 Å². The standard InChI is InChI=1S/C18H14N2O5S/c1-24-14-9-8-13(16-15(14)19-17(26-16)10-2-3-10)18(21)25-12-6-4-11(5-7-12)20(22)23/h4-10H,2-3H2,1H3. The molecule has 0 atom stereocenters. The van der Waals surface area contributed by atoms with E-state index in [4.69, 9.17) is 9.47 Å². The minimum absolute atomic E-state index is 0.0619. The smallest absolute Gasteiger partial charge is 0.345 e. The molecule has 3 aromatic rings. The third-order valence-electron chi connectivity index (χ3n) is 4.15. The Bertz CT molecular complexity index is 1010. The zero-order valence-corrected chi connectivity index (χ0v) is 14.6. The lowest BCUT2D eigenvalue weighted by Crippen LogP contribution is -2.08. The van der Waals surface area contributed by atoms with Gasteiger partial charge in [0.05, 0.1) is 27.3 Å². The number of nitro benzene ring substituents is 1. The Morgan fingerprint density at radius 1 is 1.23 bits per heavy atom. The van der Waals surface area contributed by atoms with Gasteiger partial charge in [0.25, 0.3) is 5.69 Å². The van der Waals surface area contributed by atoms with E-state index < -0.39 is 10.9 Å². The van der Waals surface area contributed by atoms with Gasteiger partial charge in [-0.3, -0.25) is 10.1 Å². The lowest BCUT2D eigenvalue weighted by atomic mass is 10.2. The van der Waals surface area contributed by atoms with Gasteiger partial charge in [-0.25, -0.2) is 9.78 Å². The zero-order chi connectivity index (χ0) is 18.3. The van der Waals surface area contributed by atoms with Crippen molar-refractivity contribution in [2.75, 3.05) is 7.11 Å². The van der Waals surface area contributed by atoms with E-state index >= 15 is 0 Å². The highest BCUT2D eigenvalue weighted by Crippen LogP contribution is 2.45. The lowest BCUT2D eigenvalue weighted by molar-refractivity contribution is -0.384. The van der Waals surface area contributed by atoms with Gasteiger partial charge < -0.3 is 9.47 Å². The highest BCUT2D eigenvalue weighted by Gasteiger charge is 2.29. The van der Waals surface area contributed by atoms with Crippen molar-refractivity contribution in [2.24, 2.45) is 0 Å². The second kappa shape index (κ2) is 6.38. The van der Waals surface area contributed by atoms with Crippen LogP contribution in [0.15, 0.2) is 36.4 Å². The summed E-state index contributed by atoms with van der Waals surface area (Å²) in [7, 11) is 1.57. The van der Waals surface area contributed by atoms with Crippen molar-refractivity contribution in [3.05, 3.63) is 57.1 Å². The first-order valence-electron chi connectivity index (χ1n) is 8.01. The fraction of sp³-hybridized carbons (Fsp3) is 0.222. The monoisotopic (exact) mass is 370 g/mol. The van der Waals surface area contributed by atoms with E-state index in [1.807, 2.05) is 0 Å². The van der Waals surface area contributed by atoms with Crippen molar-refractivity contribution in [1.29, 1.82) is 0 Å². The Kier molecular flexibility index (Phi) is 4.04. The number of nitro groups is 1. The summed E-state index contributed by atoms with van der Waals surface area (Å²) < 4.78 is 11.5. The normalized spacial score (nSPS) is 13.6. The molecule has 0 N–H and O–H groups in total. The molecule has 2 aromatic carbocycles. The average Bonchev–Trinajstić information content (AvgIpc) is 3.39. The summed E-state index contributed by atoms with van der Waals surface area (Å²) in [6, 6.07) is 8.75. The second-order valence-electron chi connectivity index (χ2n) is 5.96. The van der Waals surface area contributed by atoms with Gasteiger partial charge in [0.1, 0.15) is 17.0 Å². The number of methoxy groups -OCH3 is 1. The van der Waals surface area contributed by atoms with Crippen LogP contribution in [0, 0.1) is 10.1 Å². The van der Waals surface area contributed by atoms with E-state index in [-0.39, 0.29) is 11.4 Å². The highest BCUT2D eigenvalue weighted by molar-refractivity contribution is 7.19. The van der Waals surface area contributed by atoms with Crippen LogP contribution in [-0.2, 0) is 0 Å². The molecule has 0 unspecified atom stereocenters. The molecule has 1 saturated carbocycles. The first-order valence-corrected chi connectivity index (χ1v) is 8.82. The van der Waals surface area contributed by atoms with Gasteiger partial charge in [-0.05, 0) is 37.1 Å². The number of fused-ring (bicyclic) bond motifs is 1. The molecule has 4 rings (SSSR count). The van der Waals surface area contributed by atoms with Crippen LogP contribution in [0.1, 0.15) is 34.1 Å². The summed E-state index contributed by atoms with van der Waals surface area (Å²) in [6.07, 6.45) is 2.23. The number of rotatable bonds is 5. The summed E-state index contributed by atoms with van der Waals surface area (Å²) in [5.41, 5.74) is 1.01. The lowest BCUT2D eigenvalue weighted by Gasteiger charge is -2.06. The number of carbonyl (C=O) groups excluding carboxylic acids is 1. The molecular formula is C18H14N2O5S. The summed E-state index contributed by atoms with van der Waals surface area (Å²) in [5.74, 6) is 0.805. The molecule has 1 heterocycles. The SMILES string of the molecule is COc1ccc(C(=O)Oc2ccc([N+](=O)[O-])cc2)c2sc(C3CC3)nc12. The maximum Gasteiger partial charge on any atom is 0.345 e. The molecule has 0 amide bonds. The predicted molar refractivity (Wildman–Crippen MR) is 96.2 cm³/mol. The average molecular weight is 370 g/mol. The minimum Gasteiger partial charge on any atom is -0.494 e. The van der Waals surface area contributed by atoms with Crippen molar-refractivity contribution in [3.8, 4) is 11.5 Å². The van der Waals surface area contributed by atoms with E-state index in [0.717, 1.165) is 22.5 Å². The van der Waals surface area contributed by atoms with E-state index in [0.29, 0.717) is 22.7 Å². The summed E-state index contributed by atoms with van der Waals surface area (Å²) in [6.45, 7) is 0. The molecule has 7 nitrogen and oxygen atoms in total. The van der Waals surface area contributed by atoms with Gasteiger partial charge in [-0.2, -0.15) is 0 Å². The number of ether oxygens (including phenoxy) is 2. The van der Waals surface area contributed by atoms with Crippen molar-refractivity contribution in [1.82, 2.24) is 4.98 Å². The number of hydrogen-bond acceptors (Lipinski definition) is 7. The Morgan fingerprint density at radius 2 is 1.96 bits per heavy atom. The molecule has 8 heteroatoms. The van der Waals surface area contributed by atoms with Crippen LogP contribution >= 0.6 is 11.3 Å². The largest absolute Gasteiger partial charge is 0.494 e. The van der Waals surface area contributed by atoms with Crippen LogP contribution in [-0.4, -0.2) is 23.0 Å². The van der Waals surface area contributed by atoms with Crippen molar-refractivity contribution < 1.29 is 19.2 Å². The van der Waals surface area contributed by atoms with Gasteiger partial charge in [0, 0.05) is 18.1 Å². The molecule has 0 bridgehead atoms. The Hall–Kier alpha value is -3.00. The Balaban J connectivity index is 1.66. The van der Waals surface area contributed by atoms with Gasteiger partial charge in [-0.1, -0.05) is 0 Å². The van der Waals surface area contributed by atoms with Gasteiger partial charge in [-0.15, -0.1) is 11.3 Å². The number of carbonyl (C=O) groups is 1. The summed E-state index contributed by atoms with van der Waals surface area (Å²) in [4.78, 5) is 27.5. The summed E-state index contributed by atoms with van der Waals surface area (Å²) in [5, 5.41) is 11.7. The third-order valence-corrected chi connectivity index (χ3v) is 5.40. The number of non-ortho nitro benzene ring substituents is 1. The number of benzene rings is 2.